The van der Waals surface area contributed by atoms with Crippen LogP contribution in [0.2, 0.25) is 0 Å². The van der Waals surface area contributed by atoms with Gasteiger partial charge in [0.15, 0.2) is 0 Å². The second-order valence-electron chi connectivity index (χ2n) is 4.09. The summed E-state index contributed by atoms with van der Waals surface area (Å²) in [7, 11) is -0.337. The van der Waals surface area contributed by atoms with E-state index in [-0.39, 0.29) is 4.90 Å². The van der Waals surface area contributed by atoms with Crippen LogP contribution in [0, 0.1) is 0 Å². The van der Waals surface area contributed by atoms with E-state index in [4.69, 9.17) is 4.74 Å². The van der Waals surface area contributed by atoms with Gasteiger partial charge in [0.2, 0.25) is 5.88 Å². The van der Waals surface area contributed by atoms with Crippen molar-refractivity contribution in [2.24, 2.45) is 0 Å². The third kappa shape index (κ3) is 3.28. The molecule has 0 spiro atoms. The Hall–Kier alpha value is -2.06. The van der Waals surface area contributed by atoms with Gasteiger partial charge >= 0.3 is 0 Å². The molecule has 0 bridgehead atoms. The minimum absolute atomic E-state index is 0.179. The fourth-order valence-electron chi connectivity index (χ4n) is 1.64. The number of H-pyrrole nitrogens is 1. The zero-order valence-electron chi connectivity index (χ0n) is 11.2. The van der Waals surface area contributed by atoms with E-state index in [1.54, 1.807) is 25.2 Å². The van der Waals surface area contributed by atoms with Gasteiger partial charge in [-0.25, -0.2) is 13.4 Å². The Kier molecular flexibility index (Phi) is 4.26. The molecule has 7 nitrogen and oxygen atoms in total. The van der Waals surface area contributed by atoms with Crippen molar-refractivity contribution in [3.63, 3.8) is 0 Å². The van der Waals surface area contributed by atoms with Crippen molar-refractivity contribution in [1.82, 2.24) is 15.3 Å². The topological polar surface area (TPSA) is 96.1 Å². The van der Waals surface area contributed by atoms with E-state index >= 15 is 0 Å². The quantitative estimate of drug-likeness (QED) is 0.737. The molecule has 2 rings (SSSR count). The average Bonchev–Trinajstić information content (AvgIpc) is 2.89. The summed E-state index contributed by atoms with van der Waals surface area (Å²) in [5, 5.41) is 2.94. The monoisotopic (exact) mass is 296 g/mol. The minimum atomic E-state index is -3.62. The van der Waals surface area contributed by atoms with Crippen molar-refractivity contribution >= 4 is 15.7 Å². The molecule has 20 heavy (non-hydrogen) atoms. The Morgan fingerprint density at radius 2 is 2.20 bits per heavy atom. The number of methoxy groups -OCH3 is 1. The van der Waals surface area contributed by atoms with Crippen molar-refractivity contribution in [2.75, 3.05) is 18.9 Å². The molecule has 0 unspecified atom stereocenters. The van der Waals surface area contributed by atoms with Crippen molar-refractivity contribution in [2.45, 2.75) is 11.4 Å². The molecular formula is C12H16N4O3S. The number of ether oxygens (including phenoxy) is 1. The molecule has 2 aromatic heterocycles. The SMILES string of the molecule is CNCc1cc(S(=O)(=O)Nc2ccc(OC)nc2)c[nH]1. The van der Waals surface area contributed by atoms with E-state index in [9.17, 15) is 8.42 Å². The number of rotatable bonds is 6. The first-order valence-electron chi connectivity index (χ1n) is 5.90. The highest BCUT2D eigenvalue weighted by molar-refractivity contribution is 7.92. The molecular weight excluding hydrogens is 280 g/mol. The standard InChI is InChI=1S/C12H16N4O3S/c1-13-6-10-5-11(8-14-10)20(17,18)16-9-3-4-12(19-2)15-7-9/h3-5,7-8,13-14,16H,6H2,1-2H3. The van der Waals surface area contributed by atoms with Crippen LogP contribution in [-0.2, 0) is 16.6 Å². The van der Waals surface area contributed by atoms with Gasteiger partial charge in [-0.2, -0.15) is 0 Å². The molecule has 0 saturated carbocycles. The van der Waals surface area contributed by atoms with Crippen molar-refractivity contribution < 1.29 is 13.2 Å². The van der Waals surface area contributed by atoms with E-state index in [2.05, 4.69) is 20.0 Å². The summed E-state index contributed by atoms with van der Waals surface area (Å²) in [4.78, 5) is 7.02. The molecule has 0 radical (unpaired) electrons. The molecule has 0 amide bonds. The molecule has 0 aliphatic rings. The van der Waals surface area contributed by atoms with Gasteiger partial charge in [-0.3, -0.25) is 4.72 Å². The normalized spacial score (nSPS) is 11.3. The van der Waals surface area contributed by atoms with Crippen LogP contribution in [0.5, 0.6) is 5.88 Å². The van der Waals surface area contributed by atoms with Gasteiger partial charge in [0.1, 0.15) is 4.90 Å². The second kappa shape index (κ2) is 5.93. The Labute approximate surface area is 117 Å². The maximum atomic E-state index is 12.2. The van der Waals surface area contributed by atoms with Crippen molar-refractivity contribution in [3.05, 3.63) is 36.3 Å². The van der Waals surface area contributed by atoms with Crippen LogP contribution < -0.4 is 14.8 Å². The summed E-state index contributed by atoms with van der Waals surface area (Å²) in [6.07, 6.45) is 2.85. The Morgan fingerprint density at radius 1 is 1.40 bits per heavy atom. The van der Waals surface area contributed by atoms with Gasteiger partial charge in [0, 0.05) is 24.5 Å². The Bertz CT molecular complexity index is 664. The fourth-order valence-corrected chi connectivity index (χ4v) is 2.70. The van der Waals surface area contributed by atoms with Crippen LogP contribution >= 0.6 is 0 Å². The molecule has 0 aliphatic carbocycles. The lowest BCUT2D eigenvalue weighted by Gasteiger charge is -2.06. The smallest absolute Gasteiger partial charge is 0.263 e. The Balaban J connectivity index is 2.16. The number of hydrogen-bond donors (Lipinski definition) is 3. The van der Waals surface area contributed by atoms with E-state index in [1.807, 2.05) is 0 Å². The molecule has 0 aromatic carbocycles. The first-order valence-corrected chi connectivity index (χ1v) is 7.38. The van der Waals surface area contributed by atoms with Crippen LogP contribution in [0.1, 0.15) is 5.69 Å². The van der Waals surface area contributed by atoms with Crippen LogP contribution in [0.15, 0.2) is 35.5 Å². The summed E-state index contributed by atoms with van der Waals surface area (Å²) in [5.74, 6) is 0.422. The second-order valence-corrected chi connectivity index (χ2v) is 5.77. The van der Waals surface area contributed by atoms with Crippen LogP contribution in [0.3, 0.4) is 0 Å². The lowest BCUT2D eigenvalue weighted by molar-refractivity contribution is 0.398. The molecule has 108 valence electrons. The maximum absolute atomic E-state index is 12.2. The minimum Gasteiger partial charge on any atom is -0.481 e. The summed E-state index contributed by atoms with van der Waals surface area (Å²) in [6.45, 7) is 0.569. The van der Waals surface area contributed by atoms with E-state index in [1.165, 1.54) is 19.5 Å². The first kappa shape index (κ1) is 14.4. The van der Waals surface area contributed by atoms with Gasteiger partial charge in [0.25, 0.3) is 10.0 Å². The number of aromatic nitrogens is 2. The van der Waals surface area contributed by atoms with Gasteiger partial charge in [-0.15, -0.1) is 0 Å². The summed E-state index contributed by atoms with van der Waals surface area (Å²) < 4.78 is 31.7. The maximum Gasteiger partial charge on any atom is 0.263 e. The molecule has 8 heteroatoms. The summed E-state index contributed by atoms with van der Waals surface area (Å²) in [5.41, 5.74) is 1.17. The number of aromatic amines is 1. The molecule has 3 N–H and O–H groups in total. The number of sulfonamides is 1. The summed E-state index contributed by atoms with van der Waals surface area (Å²) >= 11 is 0. The van der Waals surface area contributed by atoms with Crippen LogP contribution in [-0.4, -0.2) is 32.5 Å². The number of pyridine rings is 1. The number of hydrogen-bond acceptors (Lipinski definition) is 5. The lowest BCUT2D eigenvalue weighted by Crippen LogP contribution is -2.12. The highest BCUT2D eigenvalue weighted by Crippen LogP contribution is 2.17. The van der Waals surface area contributed by atoms with Gasteiger partial charge < -0.3 is 15.0 Å². The van der Waals surface area contributed by atoms with E-state index in [0.29, 0.717) is 18.1 Å². The van der Waals surface area contributed by atoms with E-state index in [0.717, 1.165) is 5.69 Å². The first-order chi connectivity index (χ1) is 9.55. The van der Waals surface area contributed by atoms with Gasteiger partial charge in [-0.05, 0) is 19.2 Å². The third-order valence-corrected chi connectivity index (χ3v) is 3.95. The highest BCUT2D eigenvalue weighted by Gasteiger charge is 2.16. The zero-order valence-corrected chi connectivity index (χ0v) is 12.0. The highest BCUT2D eigenvalue weighted by atomic mass is 32.2. The van der Waals surface area contributed by atoms with Crippen LogP contribution in [0.25, 0.3) is 0 Å². The predicted octanol–water partition coefficient (Wildman–Crippen LogP) is 0.938. The summed E-state index contributed by atoms with van der Waals surface area (Å²) in [6, 6.07) is 4.75. The number of nitrogens with one attached hydrogen (secondary N) is 3. The molecule has 0 atom stereocenters. The molecule has 0 fully saturated rings. The molecule has 0 saturated heterocycles. The molecule has 0 aliphatic heterocycles. The van der Waals surface area contributed by atoms with Crippen LogP contribution in [0.4, 0.5) is 5.69 Å². The number of nitrogens with zero attached hydrogens (tertiary/aromatic N) is 1. The predicted molar refractivity (Wildman–Crippen MR) is 75.2 cm³/mol. The van der Waals surface area contributed by atoms with Gasteiger partial charge in [0.05, 0.1) is 19.0 Å². The Morgan fingerprint density at radius 3 is 2.80 bits per heavy atom. The van der Waals surface area contributed by atoms with E-state index < -0.39 is 10.0 Å². The van der Waals surface area contributed by atoms with Crippen molar-refractivity contribution in [1.29, 1.82) is 0 Å². The largest absolute Gasteiger partial charge is 0.481 e. The lowest BCUT2D eigenvalue weighted by atomic mass is 10.4. The average molecular weight is 296 g/mol. The number of anilines is 1. The third-order valence-electron chi connectivity index (χ3n) is 2.59. The zero-order chi connectivity index (χ0) is 14.6. The molecule has 2 heterocycles. The van der Waals surface area contributed by atoms with Crippen molar-refractivity contribution in [3.8, 4) is 5.88 Å². The van der Waals surface area contributed by atoms with Gasteiger partial charge in [-0.1, -0.05) is 0 Å². The fraction of sp³-hybridized carbons (Fsp3) is 0.250. The molecule has 2 aromatic rings.